The average molecular weight is 209 g/mol. The highest BCUT2D eigenvalue weighted by atomic mass is 16.2. The lowest BCUT2D eigenvalue weighted by Crippen LogP contribution is -1.79. The molecule has 0 heterocycles. The van der Waals surface area contributed by atoms with Gasteiger partial charge in [-0.2, -0.15) is 0 Å². The summed E-state index contributed by atoms with van der Waals surface area (Å²) in [6.45, 7) is 2.25. The fourth-order valence-corrected chi connectivity index (χ4v) is 1.62. The number of hydrogen-bond acceptors (Lipinski definition) is 0. The van der Waals surface area contributed by atoms with Crippen LogP contribution >= 0.6 is 0 Å². The summed E-state index contributed by atoms with van der Waals surface area (Å²) in [6, 6.07) is 0. The Morgan fingerprint density at radius 2 is 1.40 bits per heavy atom. The van der Waals surface area contributed by atoms with Crippen LogP contribution < -0.4 is 0 Å². The minimum atomic E-state index is 0.824. The summed E-state index contributed by atoms with van der Waals surface area (Å²) >= 11 is 0. The molecule has 1 heteroatoms. The molecule has 0 saturated carbocycles. The van der Waals surface area contributed by atoms with Crippen molar-refractivity contribution in [3.8, 4) is 0 Å². The largest absolute Gasteiger partial charge is 0.299 e. The first-order valence-corrected chi connectivity index (χ1v) is 6.35. The Kier molecular flexibility index (Phi) is 12.6. The molecule has 15 heavy (non-hydrogen) atoms. The van der Waals surface area contributed by atoms with E-state index < -0.39 is 0 Å². The molecule has 0 bridgehead atoms. The number of rotatable bonds is 10. The summed E-state index contributed by atoms with van der Waals surface area (Å²) in [6.07, 6.45) is 18.3. The van der Waals surface area contributed by atoms with E-state index in [-0.39, 0.29) is 0 Å². The maximum absolute atomic E-state index is 9.96. The summed E-state index contributed by atoms with van der Waals surface area (Å²) < 4.78 is 0. The van der Waals surface area contributed by atoms with Crippen molar-refractivity contribution in [1.29, 1.82) is 0 Å². The van der Waals surface area contributed by atoms with E-state index in [2.05, 4.69) is 13.0 Å². The molecule has 0 aliphatic rings. The third-order valence-corrected chi connectivity index (χ3v) is 2.55. The SMILES string of the molecule is CCCCCCCCCCC=CC=C[O]. The van der Waals surface area contributed by atoms with Gasteiger partial charge in [-0.1, -0.05) is 64.0 Å². The van der Waals surface area contributed by atoms with Gasteiger partial charge in [-0.3, -0.25) is 5.11 Å². The molecular weight excluding hydrogens is 184 g/mol. The molecule has 0 amide bonds. The second-order valence-corrected chi connectivity index (χ2v) is 4.02. The lowest BCUT2D eigenvalue weighted by molar-refractivity contribution is 0.352. The predicted octanol–water partition coefficient (Wildman–Crippen LogP) is 5.02. The second kappa shape index (κ2) is 13.3. The smallest absolute Gasteiger partial charge is 0.142 e. The number of allylic oxidation sites excluding steroid dienone is 3. The topological polar surface area (TPSA) is 19.9 Å². The van der Waals surface area contributed by atoms with E-state index in [1.54, 1.807) is 6.08 Å². The van der Waals surface area contributed by atoms with Crippen molar-refractivity contribution in [2.24, 2.45) is 0 Å². The highest BCUT2D eigenvalue weighted by molar-refractivity contribution is 4.98. The van der Waals surface area contributed by atoms with Crippen LogP contribution in [0.15, 0.2) is 24.5 Å². The van der Waals surface area contributed by atoms with Gasteiger partial charge >= 0.3 is 0 Å². The van der Waals surface area contributed by atoms with Gasteiger partial charge in [0, 0.05) is 0 Å². The van der Waals surface area contributed by atoms with Gasteiger partial charge < -0.3 is 0 Å². The van der Waals surface area contributed by atoms with E-state index in [1.807, 2.05) is 6.08 Å². The number of unbranched alkanes of at least 4 members (excludes halogenated alkanes) is 8. The van der Waals surface area contributed by atoms with E-state index in [4.69, 9.17) is 0 Å². The zero-order valence-corrected chi connectivity index (χ0v) is 10.1. The molecule has 0 aromatic heterocycles. The van der Waals surface area contributed by atoms with Crippen LogP contribution in [-0.2, 0) is 5.11 Å². The molecule has 1 radical (unpaired) electrons. The van der Waals surface area contributed by atoms with E-state index >= 15 is 0 Å². The van der Waals surface area contributed by atoms with Gasteiger partial charge in [-0.25, -0.2) is 0 Å². The molecule has 0 spiro atoms. The third-order valence-electron chi connectivity index (χ3n) is 2.55. The van der Waals surface area contributed by atoms with Crippen molar-refractivity contribution >= 4 is 0 Å². The van der Waals surface area contributed by atoms with Crippen LogP contribution in [0, 0.1) is 0 Å². The molecule has 0 fully saturated rings. The predicted molar refractivity (Wildman–Crippen MR) is 66.2 cm³/mol. The minimum absolute atomic E-state index is 0.824. The van der Waals surface area contributed by atoms with Crippen molar-refractivity contribution in [3.05, 3.63) is 24.5 Å². The summed E-state index contributed by atoms with van der Waals surface area (Å²) in [7, 11) is 0. The maximum Gasteiger partial charge on any atom is 0.142 e. The van der Waals surface area contributed by atoms with E-state index in [9.17, 15) is 5.11 Å². The summed E-state index contributed by atoms with van der Waals surface area (Å²) in [4.78, 5) is 0. The average Bonchev–Trinajstić information content (AvgIpc) is 2.26. The molecule has 0 aliphatic heterocycles. The van der Waals surface area contributed by atoms with Crippen molar-refractivity contribution in [3.63, 3.8) is 0 Å². The van der Waals surface area contributed by atoms with Gasteiger partial charge in [0.05, 0.1) is 0 Å². The van der Waals surface area contributed by atoms with E-state index in [0.717, 1.165) is 12.7 Å². The zero-order valence-electron chi connectivity index (χ0n) is 10.1. The summed E-state index contributed by atoms with van der Waals surface area (Å²) in [5.74, 6) is 0. The molecule has 0 atom stereocenters. The van der Waals surface area contributed by atoms with Gasteiger partial charge in [-0.05, 0) is 18.9 Å². The molecule has 0 N–H and O–H groups in total. The molecule has 0 unspecified atom stereocenters. The Labute approximate surface area is 94.9 Å². The third kappa shape index (κ3) is 13.3. The standard InChI is InChI=1S/C14H25O/c1-2-3-4-5-6-7-8-9-10-11-12-13-14-15/h11-14H,2-10H2,1H3. The highest BCUT2D eigenvalue weighted by Gasteiger charge is 1.89. The van der Waals surface area contributed by atoms with Crippen LogP contribution in [0.1, 0.15) is 64.7 Å². The van der Waals surface area contributed by atoms with Gasteiger partial charge in [0.25, 0.3) is 0 Å². The molecular formula is C14H25O. The van der Waals surface area contributed by atoms with Gasteiger partial charge in [0.2, 0.25) is 0 Å². The second-order valence-electron chi connectivity index (χ2n) is 4.02. The van der Waals surface area contributed by atoms with Crippen LogP contribution in [0.2, 0.25) is 0 Å². The normalized spacial score (nSPS) is 11.8. The first-order chi connectivity index (χ1) is 7.41. The van der Waals surface area contributed by atoms with E-state index in [0.29, 0.717) is 0 Å². The zero-order chi connectivity index (χ0) is 11.2. The Bertz CT molecular complexity index is 159. The van der Waals surface area contributed by atoms with Crippen LogP contribution in [0.4, 0.5) is 0 Å². The first kappa shape index (κ1) is 14.3. The van der Waals surface area contributed by atoms with Crippen molar-refractivity contribution in [2.45, 2.75) is 64.7 Å². The Balaban J connectivity index is 2.98. The molecule has 87 valence electrons. The minimum Gasteiger partial charge on any atom is -0.299 e. The van der Waals surface area contributed by atoms with Crippen molar-refractivity contribution < 1.29 is 5.11 Å². The lowest BCUT2D eigenvalue weighted by atomic mass is 10.1. The van der Waals surface area contributed by atoms with Gasteiger partial charge in [0.1, 0.15) is 6.26 Å². The molecule has 1 nitrogen and oxygen atoms in total. The van der Waals surface area contributed by atoms with Crippen LogP contribution in [0.5, 0.6) is 0 Å². The molecule has 0 aromatic carbocycles. The fourth-order valence-electron chi connectivity index (χ4n) is 1.62. The van der Waals surface area contributed by atoms with E-state index in [1.165, 1.54) is 51.4 Å². The van der Waals surface area contributed by atoms with Crippen molar-refractivity contribution in [2.75, 3.05) is 0 Å². The molecule has 0 rings (SSSR count). The first-order valence-electron chi connectivity index (χ1n) is 6.35. The lowest BCUT2D eigenvalue weighted by Gasteiger charge is -1.99. The maximum atomic E-state index is 9.96. The highest BCUT2D eigenvalue weighted by Crippen LogP contribution is 2.09. The number of hydrogen-bond donors (Lipinski definition) is 0. The monoisotopic (exact) mass is 209 g/mol. The van der Waals surface area contributed by atoms with Crippen LogP contribution in [0.25, 0.3) is 0 Å². The van der Waals surface area contributed by atoms with Crippen LogP contribution in [-0.4, -0.2) is 0 Å². The Morgan fingerprint density at radius 1 is 0.800 bits per heavy atom. The van der Waals surface area contributed by atoms with Crippen molar-refractivity contribution in [1.82, 2.24) is 0 Å². The summed E-state index contributed by atoms with van der Waals surface area (Å²) in [5, 5.41) is 9.96. The fraction of sp³-hybridized carbons (Fsp3) is 0.714. The molecule has 0 aliphatic carbocycles. The van der Waals surface area contributed by atoms with Gasteiger partial charge in [-0.15, -0.1) is 0 Å². The molecule has 0 aromatic rings. The quantitative estimate of drug-likeness (QED) is 0.273. The molecule has 0 saturated heterocycles. The Morgan fingerprint density at radius 3 is 2.00 bits per heavy atom. The Hall–Kier alpha value is -0.720. The van der Waals surface area contributed by atoms with Gasteiger partial charge in [0.15, 0.2) is 0 Å². The summed E-state index contributed by atoms with van der Waals surface area (Å²) in [5.41, 5.74) is 0. The van der Waals surface area contributed by atoms with Crippen LogP contribution in [0.3, 0.4) is 0 Å².